The Morgan fingerprint density at radius 1 is 1.42 bits per heavy atom. The van der Waals surface area contributed by atoms with Crippen molar-refractivity contribution in [3.8, 4) is 0 Å². The summed E-state index contributed by atoms with van der Waals surface area (Å²) in [4.78, 5) is 20.3. The van der Waals surface area contributed by atoms with Crippen LogP contribution in [0.4, 0.5) is 0 Å². The molecule has 1 aliphatic carbocycles. The van der Waals surface area contributed by atoms with Crippen LogP contribution in [0, 0.1) is 5.92 Å². The van der Waals surface area contributed by atoms with E-state index >= 15 is 0 Å². The molecule has 2 aromatic rings. The van der Waals surface area contributed by atoms with Crippen LogP contribution >= 0.6 is 0 Å². The highest BCUT2D eigenvalue weighted by molar-refractivity contribution is 5.95. The summed E-state index contributed by atoms with van der Waals surface area (Å²) in [7, 11) is 0. The molecule has 0 spiro atoms. The Morgan fingerprint density at radius 3 is 3.16 bits per heavy atom. The van der Waals surface area contributed by atoms with Crippen LogP contribution < -0.4 is 10.6 Å². The van der Waals surface area contributed by atoms with Crippen molar-refractivity contribution in [3.05, 3.63) is 24.4 Å². The van der Waals surface area contributed by atoms with Crippen LogP contribution in [0.2, 0.25) is 0 Å². The third kappa shape index (κ3) is 1.79. The Bertz CT molecular complexity index is 638. The summed E-state index contributed by atoms with van der Waals surface area (Å²) >= 11 is 0. The van der Waals surface area contributed by atoms with Crippen LogP contribution in [0.25, 0.3) is 11.1 Å². The smallest absolute Gasteiger partial charge is 0.270 e. The van der Waals surface area contributed by atoms with Crippen molar-refractivity contribution in [2.45, 2.75) is 24.9 Å². The van der Waals surface area contributed by atoms with Gasteiger partial charge in [0.2, 0.25) is 0 Å². The van der Waals surface area contributed by atoms with Crippen molar-refractivity contribution in [3.63, 3.8) is 0 Å². The number of carbonyl (C=O) groups is 1. The molecule has 4 rings (SSSR count). The molecular weight excluding hydrogens is 244 g/mol. The number of rotatable bonds is 2. The molecule has 0 radical (unpaired) electrons. The SMILES string of the molecule is O=C(NC1CC2CNC1C2)c1cc2ncoc2cn1. The molecule has 0 aromatic carbocycles. The highest BCUT2D eigenvalue weighted by atomic mass is 16.3. The van der Waals surface area contributed by atoms with E-state index in [9.17, 15) is 4.79 Å². The van der Waals surface area contributed by atoms with Gasteiger partial charge in [0.1, 0.15) is 11.2 Å². The molecule has 3 heterocycles. The monoisotopic (exact) mass is 258 g/mol. The first kappa shape index (κ1) is 10.9. The number of aromatic nitrogens is 2. The van der Waals surface area contributed by atoms with Crippen LogP contribution in [-0.2, 0) is 0 Å². The number of nitrogens with one attached hydrogen (secondary N) is 2. The summed E-state index contributed by atoms with van der Waals surface area (Å²) < 4.78 is 5.11. The predicted molar refractivity (Wildman–Crippen MR) is 67.6 cm³/mol. The van der Waals surface area contributed by atoms with E-state index in [0.29, 0.717) is 28.8 Å². The Morgan fingerprint density at radius 2 is 2.37 bits per heavy atom. The van der Waals surface area contributed by atoms with Gasteiger partial charge in [-0.25, -0.2) is 9.97 Å². The zero-order chi connectivity index (χ0) is 12.8. The molecule has 98 valence electrons. The lowest BCUT2D eigenvalue weighted by molar-refractivity contribution is 0.0923. The first-order chi connectivity index (χ1) is 9.29. The topological polar surface area (TPSA) is 80.0 Å². The fourth-order valence-electron chi connectivity index (χ4n) is 3.14. The summed E-state index contributed by atoms with van der Waals surface area (Å²) in [5, 5.41) is 6.49. The average molecular weight is 258 g/mol. The van der Waals surface area contributed by atoms with E-state index in [1.165, 1.54) is 19.0 Å². The Balaban J connectivity index is 1.53. The summed E-state index contributed by atoms with van der Waals surface area (Å²) in [6.45, 7) is 1.08. The van der Waals surface area contributed by atoms with Crippen molar-refractivity contribution in [1.82, 2.24) is 20.6 Å². The molecule has 1 aliphatic heterocycles. The maximum atomic E-state index is 12.2. The standard InChI is InChI=1S/C13H14N4O2/c18-13(17-9-2-7-1-8(9)14-4-7)11-3-10-12(5-15-11)19-6-16-10/h3,5-9,14H,1-2,4H2,(H,17,18). The third-order valence-electron chi connectivity index (χ3n) is 4.10. The van der Waals surface area contributed by atoms with Gasteiger partial charge in [0.15, 0.2) is 12.0 Å². The van der Waals surface area contributed by atoms with Gasteiger partial charge in [-0.3, -0.25) is 4.79 Å². The Labute approximate surface area is 109 Å². The van der Waals surface area contributed by atoms with Crippen molar-refractivity contribution in [2.75, 3.05) is 6.54 Å². The van der Waals surface area contributed by atoms with Gasteiger partial charge in [0, 0.05) is 12.1 Å². The fourth-order valence-corrected chi connectivity index (χ4v) is 3.14. The zero-order valence-corrected chi connectivity index (χ0v) is 10.3. The van der Waals surface area contributed by atoms with Crippen LogP contribution in [0.15, 0.2) is 23.1 Å². The highest BCUT2D eigenvalue weighted by Gasteiger charge is 2.40. The van der Waals surface area contributed by atoms with E-state index in [4.69, 9.17) is 4.42 Å². The molecule has 1 saturated carbocycles. The minimum atomic E-state index is -0.135. The van der Waals surface area contributed by atoms with E-state index in [1.807, 2.05) is 0 Å². The molecule has 1 saturated heterocycles. The Kier molecular flexibility index (Phi) is 2.32. The van der Waals surface area contributed by atoms with Crippen molar-refractivity contribution in [1.29, 1.82) is 0 Å². The molecule has 2 aromatic heterocycles. The minimum absolute atomic E-state index is 0.135. The van der Waals surface area contributed by atoms with Gasteiger partial charge in [-0.05, 0) is 31.4 Å². The number of hydrogen-bond acceptors (Lipinski definition) is 5. The summed E-state index contributed by atoms with van der Waals surface area (Å²) in [6, 6.07) is 2.31. The predicted octanol–water partition coefficient (Wildman–Crippen LogP) is 0.703. The van der Waals surface area contributed by atoms with Gasteiger partial charge in [-0.1, -0.05) is 0 Å². The van der Waals surface area contributed by atoms with Crippen LogP contribution in [-0.4, -0.2) is 34.5 Å². The van der Waals surface area contributed by atoms with Gasteiger partial charge < -0.3 is 15.1 Å². The van der Waals surface area contributed by atoms with Gasteiger partial charge in [0.25, 0.3) is 5.91 Å². The first-order valence-electron chi connectivity index (χ1n) is 6.53. The number of hydrogen-bond donors (Lipinski definition) is 2. The molecule has 6 nitrogen and oxygen atoms in total. The van der Waals surface area contributed by atoms with E-state index in [0.717, 1.165) is 13.0 Å². The van der Waals surface area contributed by atoms with Crippen LogP contribution in [0.1, 0.15) is 23.3 Å². The molecule has 2 aliphatic rings. The van der Waals surface area contributed by atoms with E-state index in [2.05, 4.69) is 20.6 Å². The second-order valence-corrected chi connectivity index (χ2v) is 5.32. The van der Waals surface area contributed by atoms with Crippen molar-refractivity contribution >= 4 is 17.0 Å². The van der Waals surface area contributed by atoms with Crippen molar-refractivity contribution < 1.29 is 9.21 Å². The third-order valence-corrected chi connectivity index (χ3v) is 4.10. The lowest BCUT2D eigenvalue weighted by Gasteiger charge is -2.23. The Hall–Kier alpha value is -1.95. The van der Waals surface area contributed by atoms with E-state index in [-0.39, 0.29) is 11.9 Å². The summed E-state index contributed by atoms with van der Waals surface area (Å²) in [6.07, 6.45) is 5.13. The quantitative estimate of drug-likeness (QED) is 0.829. The number of nitrogens with zero attached hydrogens (tertiary/aromatic N) is 2. The minimum Gasteiger partial charge on any atom is -0.442 e. The number of pyridine rings is 1. The number of amides is 1. The zero-order valence-electron chi connectivity index (χ0n) is 10.3. The van der Waals surface area contributed by atoms with Gasteiger partial charge in [-0.2, -0.15) is 0 Å². The maximum absolute atomic E-state index is 12.2. The summed E-state index contributed by atoms with van der Waals surface area (Å²) in [5.41, 5.74) is 1.65. The first-order valence-corrected chi connectivity index (χ1v) is 6.53. The number of oxazole rings is 1. The highest BCUT2D eigenvalue weighted by Crippen LogP contribution is 2.31. The molecular formula is C13H14N4O2. The largest absolute Gasteiger partial charge is 0.442 e. The van der Waals surface area contributed by atoms with E-state index in [1.54, 1.807) is 6.07 Å². The van der Waals surface area contributed by atoms with Gasteiger partial charge in [0.05, 0.1) is 6.20 Å². The second-order valence-electron chi connectivity index (χ2n) is 5.32. The molecule has 1 amide bonds. The maximum Gasteiger partial charge on any atom is 0.270 e. The van der Waals surface area contributed by atoms with Gasteiger partial charge >= 0.3 is 0 Å². The number of carbonyl (C=O) groups excluding carboxylic acids is 1. The lowest BCUT2D eigenvalue weighted by atomic mass is 10.1. The molecule has 3 unspecified atom stereocenters. The van der Waals surface area contributed by atoms with Crippen LogP contribution in [0.3, 0.4) is 0 Å². The second kappa shape index (κ2) is 4.03. The summed E-state index contributed by atoms with van der Waals surface area (Å²) in [5.74, 6) is 0.575. The molecule has 2 fully saturated rings. The fraction of sp³-hybridized carbons (Fsp3) is 0.462. The van der Waals surface area contributed by atoms with Crippen molar-refractivity contribution in [2.24, 2.45) is 5.92 Å². The lowest BCUT2D eigenvalue weighted by Crippen LogP contribution is -2.48. The molecule has 2 bridgehead atoms. The number of fused-ring (bicyclic) bond motifs is 3. The van der Waals surface area contributed by atoms with Gasteiger partial charge in [-0.15, -0.1) is 0 Å². The van der Waals surface area contributed by atoms with Crippen LogP contribution in [0.5, 0.6) is 0 Å². The normalized spacial score (nSPS) is 28.9. The molecule has 2 N–H and O–H groups in total. The number of piperidine rings is 1. The molecule has 6 heteroatoms. The average Bonchev–Trinajstić information content (AvgIpc) is 3.13. The van der Waals surface area contributed by atoms with E-state index < -0.39 is 0 Å². The molecule has 3 atom stereocenters. The molecule has 19 heavy (non-hydrogen) atoms.